The van der Waals surface area contributed by atoms with E-state index >= 15 is 0 Å². The van der Waals surface area contributed by atoms with Crippen LogP contribution in [0.1, 0.15) is 26.7 Å². The molecule has 0 amide bonds. The van der Waals surface area contributed by atoms with Gasteiger partial charge in [-0.25, -0.2) is 0 Å². The van der Waals surface area contributed by atoms with Crippen molar-refractivity contribution in [1.82, 2.24) is 0 Å². The molecular formula is C7H15ClF3N. The first-order valence-corrected chi connectivity index (χ1v) is 3.66. The second kappa shape index (κ2) is 5.65. The quantitative estimate of drug-likeness (QED) is 0.754. The van der Waals surface area contributed by atoms with Gasteiger partial charge in [0, 0.05) is 0 Å². The maximum absolute atomic E-state index is 11.8. The van der Waals surface area contributed by atoms with Crippen LogP contribution < -0.4 is 5.73 Å². The van der Waals surface area contributed by atoms with E-state index in [1.807, 2.05) is 13.8 Å². The van der Waals surface area contributed by atoms with Crippen LogP contribution in [0.15, 0.2) is 0 Å². The summed E-state index contributed by atoms with van der Waals surface area (Å²) in [4.78, 5) is 0. The molecule has 12 heavy (non-hydrogen) atoms. The summed E-state index contributed by atoms with van der Waals surface area (Å²) in [5, 5.41) is 0. The van der Waals surface area contributed by atoms with Gasteiger partial charge in [-0.3, -0.25) is 0 Å². The molecule has 0 saturated heterocycles. The van der Waals surface area contributed by atoms with Gasteiger partial charge in [0.25, 0.3) is 0 Å². The SMILES string of the molecule is CC(C)CC[C@H](N)C(F)(F)F.Cl. The Labute approximate surface area is 76.9 Å². The van der Waals surface area contributed by atoms with Gasteiger partial charge in [0.15, 0.2) is 0 Å². The van der Waals surface area contributed by atoms with E-state index in [4.69, 9.17) is 5.73 Å². The van der Waals surface area contributed by atoms with Crippen LogP contribution in [0.5, 0.6) is 0 Å². The molecule has 0 unspecified atom stereocenters. The van der Waals surface area contributed by atoms with E-state index in [0.717, 1.165) is 0 Å². The molecule has 0 aromatic heterocycles. The van der Waals surface area contributed by atoms with E-state index in [0.29, 0.717) is 6.42 Å². The van der Waals surface area contributed by atoms with Crippen LogP contribution in [0.2, 0.25) is 0 Å². The second-order valence-corrected chi connectivity index (χ2v) is 3.12. The molecule has 0 bridgehead atoms. The molecule has 2 N–H and O–H groups in total. The molecule has 0 saturated carbocycles. The molecule has 0 aliphatic rings. The summed E-state index contributed by atoms with van der Waals surface area (Å²) < 4.78 is 35.3. The van der Waals surface area contributed by atoms with E-state index in [9.17, 15) is 13.2 Å². The molecule has 0 aromatic rings. The Bertz CT molecular complexity index is 114. The Kier molecular flexibility index (Phi) is 6.85. The van der Waals surface area contributed by atoms with Crippen LogP contribution in [0.25, 0.3) is 0 Å². The predicted octanol–water partition coefficient (Wildman–Crippen LogP) is 2.73. The topological polar surface area (TPSA) is 26.0 Å². The minimum absolute atomic E-state index is 0. The van der Waals surface area contributed by atoms with Crippen molar-refractivity contribution < 1.29 is 13.2 Å². The van der Waals surface area contributed by atoms with Crippen LogP contribution in [0, 0.1) is 5.92 Å². The highest BCUT2D eigenvalue weighted by molar-refractivity contribution is 5.85. The van der Waals surface area contributed by atoms with Crippen LogP contribution in [-0.4, -0.2) is 12.2 Å². The standard InChI is InChI=1S/C7H14F3N.ClH/c1-5(2)3-4-6(11)7(8,9)10;/h5-6H,3-4,11H2,1-2H3;1H/t6-;/m0./s1. The Morgan fingerprint density at radius 2 is 1.58 bits per heavy atom. The van der Waals surface area contributed by atoms with Gasteiger partial charge in [-0.1, -0.05) is 13.8 Å². The molecule has 0 rings (SSSR count). The van der Waals surface area contributed by atoms with Gasteiger partial charge in [0.05, 0.1) is 0 Å². The van der Waals surface area contributed by atoms with Crippen molar-refractivity contribution in [2.24, 2.45) is 11.7 Å². The fourth-order valence-electron chi connectivity index (χ4n) is 0.677. The van der Waals surface area contributed by atoms with E-state index in [-0.39, 0.29) is 24.7 Å². The lowest BCUT2D eigenvalue weighted by molar-refractivity contribution is -0.149. The fraction of sp³-hybridized carbons (Fsp3) is 1.00. The Morgan fingerprint density at radius 1 is 1.17 bits per heavy atom. The average molecular weight is 206 g/mol. The number of hydrogen-bond donors (Lipinski definition) is 1. The lowest BCUT2D eigenvalue weighted by Crippen LogP contribution is -2.37. The monoisotopic (exact) mass is 205 g/mol. The first-order valence-electron chi connectivity index (χ1n) is 3.66. The van der Waals surface area contributed by atoms with Gasteiger partial charge >= 0.3 is 6.18 Å². The summed E-state index contributed by atoms with van der Waals surface area (Å²) in [6, 6.07) is -1.65. The molecule has 5 heteroatoms. The highest BCUT2D eigenvalue weighted by atomic mass is 35.5. The molecule has 0 aliphatic carbocycles. The number of alkyl halides is 3. The van der Waals surface area contributed by atoms with Crippen molar-refractivity contribution in [1.29, 1.82) is 0 Å². The average Bonchev–Trinajstić information content (AvgIpc) is 1.80. The van der Waals surface area contributed by atoms with E-state index in [2.05, 4.69) is 0 Å². The summed E-state index contributed by atoms with van der Waals surface area (Å²) in [5.74, 6) is 0.281. The molecule has 1 atom stereocenters. The molecule has 0 heterocycles. The summed E-state index contributed by atoms with van der Waals surface area (Å²) in [5.41, 5.74) is 4.87. The minimum atomic E-state index is -4.23. The van der Waals surface area contributed by atoms with Gasteiger partial charge in [0.1, 0.15) is 6.04 Å². The Morgan fingerprint density at radius 3 is 1.83 bits per heavy atom. The van der Waals surface area contributed by atoms with Crippen molar-refractivity contribution in [3.8, 4) is 0 Å². The number of halogens is 4. The molecule has 0 radical (unpaired) electrons. The van der Waals surface area contributed by atoms with Crippen molar-refractivity contribution in [2.45, 2.75) is 38.9 Å². The van der Waals surface area contributed by atoms with Gasteiger partial charge in [-0.05, 0) is 18.8 Å². The summed E-state index contributed by atoms with van der Waals surface area (Å²) in [6.45, 7) is 3.76. The molecule has 0 aliphatic heterocycles. The van der Waals surface area contributed by atoms with Crippen LogP contribution >= 0.6 is 12.4 Å². The van der Waals surface area contributed by atoms with Gasteiger partial charge in [-0.15, -0.1) is 12.4 Å². The lowest BCUT2D eigenvalue weighted by Gasteiger charge is -2.15. The minimum Gasteiger partial charge on any atom is -0.320 e. The number of rotatable bonds is 3. The summed E-state index contributed by atoms with van der Waals surface area (Å²) >= 11 is 0. The van der Waals surface area contributed by atoms with Gasteiger partial charge in [-0.2, -0.15) is 13.2 Å². The van der Waals surface area contributed by atoms with E-state index in [1.165, 1.54) is 0 Å². The van der Waals surface area contributed by atoms with Crippen molar-refractivity contribution in [2.75, 3.05) is 0 Å². The molecule has 76 valence electrons. The zero-order valence-corrected chi connectivity index (χ0v) is 8.00. The van der Waals surface area contributed by atoms with Gasteiger partial charge in [0.2, 0.25) is 0 Å². The van der Waals surface area contributed by atoms with E-state index < -0.39 is 12.2 Å². The molecule has 0 aromatic carbocycles. The Hall–Kier alpha value is 0.0400. The fourth-order valence-corrected chi connectivity index (χ4v) is 0.677. The first-order chi connectivity index (χ1) is 4.84. The smallest absolute Gasteiger partial charge is 0.320 e. The number of nitrogens with two attached hydrogens (primary N) is 1. The molecular weight excluding hydrogens is 191 g/mol. The van der Waals surface area contributed by atoms with Crippen LogP contribution in [-0.2, 0) is 0 Å². The van der Waals surface area contributed by atoms with Crippen molar-refractivity contribution in [3.63, 3.8) is 0 Å². The summed E-state index contributed by atoms with van der Waals surface area (Å²) in [7, 11) is 0. The summed E-state index contributed by atoms with van der Waals surface area (Å²) in [6.07, 6.45) is -3.67. The highest BCUT2D eigenvalue weighted by Crippen LogP contribution is 2.22. The van der Waals surface area contributed by atoms with Crippen LogP contribution in [0.4, 0.5) is 13.2 Å². The highest BCUT2D eigenvalue weighted by Gasteiger charge is 2.35. The largest absolute Gasteiger partial charge is 0.403 e. The molecule has 0 spiro atoms. The molecule has 0 fully saturated rings. The zero-order valence-electron chi connectivity index (χ0n) is 7.19. The lowest BCUT2D eigenvalue weighted by atomic mass is 10.0. The first kappa shape index (κ1) is 14.6. The molecule has 1 nitrogen and oxygen atoms in total. The van der Waals surface area contributed by atoms with Crippen molar-refractivity contribution in [3.05, 3.63) is 0 Å². The third-order valence-corrected chi connectivity index (χ3v) is 1.48. The van der Waals surface area contributed by atoms with Gasteiger partial charge < -0.3 is 5.73 Å². The van der Waals surface area contributed by atoms with Crippen LogP contribution in [0.3, 0.4) is 0 Å². The maximum atomic E-state index is 11.8. The predicted molar refractivity (Wildman–Crippen MR) is 45.4 cm³/mol. The van der Waals surface area contributed by atoms with Crippen molar-refractivity contribution >= 4 is 12.4 Å². The van der Waals surface area contributed by atoms with E-state index in [1.54, 1.807) is 0 Å². The third kappa shape index (κ3) is 6.73. The third-order valence-electron chi connectivity index (χ3n) is 1.48. The number of hydrogen-bond acceptors (Lipinski definition) is 1. The maximum Gasteiger partial charge on any atom is 0.403 e. The Balaban J connectivity index is 0. The normalized spacial score (nSPS) is 14.2. The zero-order chi connectivity index (χ0) is 9.07. The second-order valence-electron chi connectivity index (χ2n) is 3.12.